The van der Waals surface area contributed by atoms with Crippen molar-refractivity contribution in [3.63, 3.8) is 0 Å². The third-order valence-corrected chi connectivity index (χ3v) is 1.55. The molecule has 3 heteroatoms. The van der Waals surface area contributed by atoms with E-state index < -0.39 is 0 Å². The second kappa shape index (κ2) is 3.54. The molecule has 1 rings (SSSR count). The third kappa shape index (κ3) is 1.28. The number of aromatic nitrogens is 1. The number of nitriles is 1. The lowest BCUT2D eigenvalue weighted by Gasteiger charge is -2.03. The molecule has 0 aliphatic heterocycles. The molecule has 0 unspecified atom stereocenters. The maximum Gasteiger partial charge on any atom is 0.134 e. The number of rotatable bonds is 2. The standard InChI is InChI=1S/C9H9N3/c1-3-8-7(6-10)4-5-12-9(8)11-2/h3-5H,1H2,2H3,(H,11,12). The lowest BCUT2D eigenvalue weighted by molar-refractivity contribution is 1.26. The van der Waals surface area contributed by atoms with E-state index in [2.05, 4.69) is 22.9 Å². The molecule has 1 aromatic rings. The Balaban J connectivity index is 3.34. The Bertz CT molecular complexity index is 336. The van der Waals surface area contributed by atoms with Gasteiger partial charge in [-0.15, -0.1) is 0 Å². The second-order valence-corrected chi connectivity index (χ2v) is 2.19. The van der Waals surface area contributed by atoms with Crippen LogP contribution in [-0.4, -0.2) is 12.0 Å². The van der Waals surface area contributed by atoms with Gasteiger partial charge < -0.3 is 5.32 Å². The number of nitrogens with one attached hydrogen (secondary N) is 1. The fourth-order valence-electron chi connectivity index (χ4n) is 0.977. The van der Waals surface area contributed by atoms with Crippen molar-refractivity contribution < 1.29 is 0 Å². The van der Waals surface area contributed by atoms with Crippen molar-refractivity contribution in [2.24, 2.45) is 0 Å². The molecule has 0 fully saturated rings. The molecule has 0 bridgehead atoms. The summed E-state index contributed by atoms with van der Waals surface area (Å²) in [6.45, 7) is 3.62. The van der Waals surface area contributed by atoms with Gasteiger partial charge in [0.1, 0.15) is 5.82 Å². The van der Waals surface area contributed by atoms with E-state index >= 15 is 0 Å². The molecule has 60 valence electrons. The Kier molecular flexibility index (Phi) is 2.44. The molecule has 1 heterocycles. The molecule has 0 saturated carbocycles. The largest absolute Gasteiger partial charge is 0.373 e. The van der Waals surface area contributed by atoms with Crippen LogP contribution < -0.4 is 5.32 Å². The van der Waals surface area contributed by atoms with Crippen LogP contribution in [0.5, 0.6) is 0 Å². The van der Waals surface area contributed by atoms with E-state index in [-0.39, 0.29) is 0 Å². The Morgan fingerprint density at radius 2 is 2.50 bits per heavy atom. The number of nitrogens with zero attached hydrogens (tertiary/aromatic N) is 2. The lowest BCUT2D eigenvalue weighted by Crippen LogP contribution is -1.96. The van der Waals surface area contributed by atoms with Crippen molar-refractivity contribution >= 4 is 11.9 Å². The second-order valence-electron chi connectivity index (χ2n) is 2.19. The first kappa shape index (κ1) is 8.28. The maximum atomic E-state index is 8.72. The zero-order valence-electron chi connectivity index (χ0n) is 6.83. The molecule has 12 heavy (non-hydrogen) atoms. The van der Waals surface area contributed by atoms with Crippen molar-refractivity contribution in [3.05, 3.63) is 30.0 Å². The third-order valence-electron chi connectivity index (χ3n) is 1.55. The highest BCUT2D eigenvalue weighted by Crippen LogP contribution is 2.16. The number of hydrogen-bond donors (Lipinski definition) is 1. The number of hydrogen-bond acceptors (Lipinski definition) is 3. The highest BCUT2D eigenvalue weighted by atomic mass is 15.0. The first-order chi connectivity index (χ1) is 5.83. The minimum Gasteiger partial charge on any atom is -0.373 e. The van der Waals surface area contributed by atoms with Gasteiger partial charge in [0.2, 0.25) is 0 Å². The van der Waals surface area contributed by atoms with Crippen LogP contribution in [0.1, 0.15) is 11.1 Å². The van der Waals surface area contributed by atoms with Crippen molar-refractivity contribution in [1.82, 2.24) is 4.98 Å². The summed E-state index contributed by atoms with van der Waals surface area (Å²) in [5, 5.41) is 11.6. The fraction of sp³-hybridized carbons (Fsp3) is 0.111. The smallest absolute Gasteiger partial charge is 0.134 e. The summed E-state index contributed by atoms with van der Waals surface area (Å²) in [5.74, 6) is 0.684. The predicted octanol–water partition coefficient (Wildman–Crippen LogP) is 1.64. The van der Waals surface area contributed by atoms with E-state index in [1.54, 1.807) is 25.4 Å². The summed E-state index contributed by atoms with van der Waals surface area (Å²) in [7, 11) is 1.76. The minimum atomic E-state index is 0.587. The summed E-state index contributed by atoms with van der Waals surface area (Å²) in [6.07, 6.45) is 3.22. The summed E-state index contributed by atoms with van der Waals surface area (Å²) in [5.41, 5.74) is 1.34. The van der Waals surface area contributed by atoms with Crippen LogP contribution >= 0.6 is 0 Å². The normalized spacial score (nSPS) is 8.67. The van der Waals surface area contributed by atoms with E-state index in [1.807, 2.05) is 0 Å². The molecular weight excluding hydrogens is 150 g/mol. The molecule has 0 aliphatic carbocycles. The summed E-state index contributed by atoms with van der Waals surface area (Å²) >= 11 is 0. The molecule has 0 aromatic carbocycles. The zero-order valence-corrected chi connectivity index (χ0v) is 6.83. The van der Waals surface area contributed by atoms with Gasteiger partial charge in [0, 0.05) is 18.8 Å². The van der Waals surface area contributed by atoms with Crippen LogP contribution in [0.4, 0.5) is 5.82 Å². The predicted molar refractivity (Wildman–Crippen MR) is 48.6 cm³/mol. The van der Waals surface area contributed by atoms with Crippen molar-refractivity contribution in [2.75, 3.05) is 12.4 Å². The van der Waals surface area contributed by atoms with Crippen LogP contribution in [0, 0.1) is 11.3 Å². The summed E-state index contributed by atoms with van der Waals surface area (Å²) < 4.78 is 0. The van der Waals surface area contributed by atoms with E-state index in [4.69, 9.17) is 5.26 Å². The Hall–Kier alpha value is -1.82. The van der Waals surface area contributed by atoms with Crippen LogP contribution in [0.2, 0.25) is 0 Å². The molecule has 0 radical (unpaired) electrons. The first-order valence-electron chi connectivity index (χ1n) is 3.52. The highest BCUT2D eigenvalue weighted by molar-refractivity contribution is 5.67. The molecular formula is C9H9N3. The van der Waals surface area contributed by atoms with Gasteiger partial charge in [-0.25, -0.2) is 4.98 Å². The van der Waals surface area contributed by atoms with Gasteiger partial charge in [0.25, 0.3) is 0 Å². The zero-order chi connectivity index (χ0) is 8.97. The monoisotopic (exact) mass is 159 g/mol. The Morgan fingerprint density at radius 3 is 3.00 bits per heavy atom. The van der Waals surface area contributed by atoms with Crippen LogP contribution in [0.15, 0.2) is 18.8 Å². The van der Waals surface area contributed by atoms with E-state index in [0.717, 1.165) is 5.56 Å². The van der Waals surface area contributed by atoms with Gasteiger partial charge in [-0.3, -0.25) is 0 Å². The summed E-state index contributed by atoms with van der Waals surface area (Å²) in [6, 6.07) is 3.73. The molecule has 0 spiro atoms. The van der Waals surface area contributed by atoms with E-state index in [1.165, 1.54) is 0 Å². The van der Waals surface area contributed by atoms with E-state index in [0.29, 0.717) is 11.4 Å². The van der Waals surface area contributed by atoms with Gasteiger partial charge >= 0.3 is 0 Å². The van der Waals surface area contributed by atoms with Gasteiger partial charge in [0.15, 0.2) is 0 Å². The quantitative estimate of drug-likeness (QED) is 0.713. The number of pyridine rings is 1. The lowest BCUT2D eigenvalue weighted by atomic mass is 10.1. The van der Waals surface area contributed by atoms with Crippen LogP contribution in [0.3, 0.4) is 0 Å². The van der Waals surface area contributed by atoms with Gasteiger partial charge in [-0.1, -0.05) is 12.7 Å². The fourth-order valence-corrected chi connectivity index (χ4v) is 0.977. The maximum absolute atomic E-state index is 8.72. The van der Waals surface area contributed by atoms with Crippen LogP contribution in [-0.2, 0) is 0 Å². The molecule has 0 amide bonds. The Labute approximate surface area is 71.4 Å². The molecule has 0 aliphatic rings. The topological polar surface area (TPSA) is 48.7 Å². The van der Waals surface area contributed by atoms with Crippen molar-refractivity contribution in [2.45, 2.75) is 0 Å². The van der Waals surface area contributed by atoms with Crippen molar-refractivity contribution in [3.8, 4) is 6.07 Å². The SMILES string of the molecule is C=Cc1c(C#N)ccnc1NC. The molecule has 0 saturated heterocycles. The van der Waals surface area contributed by atoms with Gasteiger partial charge in [-0.2, -0.15) is 5.26 Å². The minimum absolute atomic E-state index is 0.587. The average Bonchev–Trinajstić information content (AvgIpc) is 2.16. The highest BCUT2D eigenvalue weighted by Gasteiger charge is 2.03. The average molecular weight is 159 g/mol. The van der Waals surface area contributed by atoms with Crippen molar-refractivity contribution in [1.29, 1.82) is 5.26 Å². The van der Waals surface area contributed by atoms with E-state index in [9.17, 15) is 0 Å². The summed E-state index contributed by atoms with van der Waals surface area (Å²) in [4.78, 5) is 4.04. The molecule has 1 N–H and O–H groups in total. The number of anilines is 1. The molecule has 1 aromatic heterocycles. The Morgan fingerprint density at radius 1 is 1.75 bits per heavy atom. The first-order valence-corrected chi connectivity index (χ1v) is 3.52. The molecule has 3 nitrogen and oxygen atoms in total. The molecule has 0 atom stereocenters. The van der Waals surface area contributed by atoms with Gasteiger partial charge in [0.05, 0.1) is 11.6 Å². The van der Waals surface area contributed by atoms with Gasteiger partial charge in [-0.05, 0) is 6.07 Å². The van der Waals surface area contributed by atoms with Crippen LogP contribution in [0.25, 0.3) is 6.08 Å².